The van der Waals surface area contributed by atoms with E-state index in [9.17, 15) is 9.59 Å². The highest BCUT2D eigenvalue weighted by molar-refractivity contribution is 5.82. The van der Waals surface area contributed by atoms with Gasteiger partial charge in [0.2, 0.25) is 0 Å². The van der Waals surface area contributed by atoms with Gasteiger partial charge in [-0.3, -0.25) is 9.59 Å². The Balaban J connectivity index is 2.13. The van der Waals surface area contributed by atoms with Crippen LogP contribution in [0, 0.1) is 17.8 Å². The van der Waals surface area contributed by atoms with Crippen molar-refractivity contribution in [3.05, 3.63) is 0 Å². The summed E-state index contributed by atoms with van der Waals surface area (Å²) in [6.07, 6.45) is 1.59. The van der Waals surface area contributed by atoms with Crippen molar-refractivity contribution in [2.75, 3.05) is 0 Å². The highest BCUT2D eigenvalue weighted by atomic mass is 16.4. The first kappa shape index (κ1) is 9.45. The van der Waals surface area contributed by atoms with Crippen LogP contribution in [0.5, 0.6) is 0 Å². The molecular weight excluding hydrogens is 186 g/mol. The topological polar surface area (TPSA) is 101 Å². The summed E-state index contributed by atoms with van der Waals surface area (Å²) >= 11 is 0. The minimum absolute atomic E-state index is 0.153. The van der Waals surface area contributed by atoms with Crippen molar-refractivity contribution in [1.29, 1.82) is 0 Å². The summed E-state index contributed by atoms with van der Waals surface area (Å²) in [7, 11) is 0. The van der Waals surface area contributed by atoms with Gasteiger partial charge in [-0.15, -0.1) is 0 Å². The number of hydrogen-bond acceptors (Lipinski definition) is 3. The maximum Gasteiger partial charge on any atom is 0.324 e. The van der Waals surface area contributed by atoms with Gasteiger partial charge in [-0.2, -0.15) is 0 Å². The quantitative estimate of drug-likeness (QED) is 0.576. The van der Waals surface area contributed by atoms with Crippen LogP contribution in [0.3, 0.4) is 0 Å². The second-order valence-corrected chi connectivity index (χ2v) is 4.37. The van der Waals surface area contributed by atoms with Gasteiger partial charge in [0.25, 0.3) is 0 Å². The van der Waals surface area contributed by atoms with Gasteiger partial charge in [-0.05, 0) is 31.1 Å². The molecule has 5 heteroatoms. The maximum absolute atomic E-state index is 10.9. The molecule has 3 rings (SSSR count). The Morgan fingerprint density at radius 2 is 1.64 bits per heavy atom. The van der Waals surface area contributed by atoms with Gasteiger partial charge in [0.15, 0.2) is 0 Å². The van der Waals surface area contributed by atoms with E-state index in [1.54, 1.807) is 0 Å². The summed E-state index contributed by atoms with van der Waals surface area (Å²) in [5.41, 5.74) is 4.62. The molecule has 0 aliphatic heterocycles. The van der Waals surface area contributed by atoms with E-state index in [2.05, 4.69) is 0 Å². The van der Waals surface area contributed by atoms with E-state index in [-0.39, 0.29) is 11.8 Å². The van der Waals surface area contributed by atoms with Gasteiger partial charge in [0.1, 0.15) is 5.54 Å². The van der Waals surface area contributed by atoms with E-state index < -0.39 is 23.4 Å². The van der Waals surface area contributed by atoms with Gasteiger partial charge in [-0.1, -0.05) is 0 Å². The van der Waals surface area contributed by atoms with Crippen molar-refractivity contribution in [3.8, 4) is 0 Å². The molecule has 0 heterocycles. The van der Waals surface area contributed by atoms with E-state index in [1.807, 2.05) is 0 Å². The third-order valence-corrected chi connectivity index (χ3v) is 3.78. The highest BCUT2D eigenvalue weighted by Crippen LogP contribution is 2.54. The van der Waals surface area contributed by atoms with Gasteiger partial charge in [0, 0.05) is 0 Å². The molecule has 4 N–H and O–H groups in total. The molecule has 5 nitrogen and oxygen atoms in total. The highest BCUT2D eigenvalue weighted by Gasteiger charge is 2.62. The fraction of sp³-hybridized carbons (Fsp3) is 0.778. The van der Waals surface area contributed by atoms with Crippen LogP contribution < -0.4 is 5.73 Å². The number of carboxylic acid groups (broad SMARTS) is 2. The molecule has 0 radical (unpaired) electrons. The molecule has 0 aromatic rings. The molecule has 14 heavy (non-hydrogen) atoms. The third-order valence-electron chi connectivity index (χ3n) is 3.78. The van der Waals surface area contributed by atoms with Crippen LogP contribution in [-0.2, 0) is 9.59 Å². The average Bonchev–Trinajstić information content (AvgIpc) is 2.16. The van der Waals surface area contributed by atoms with Crippen LogP contribution in [0.1, 0.15) is 19.3 Å². The molecule has 0 saturated heterocycles. The van der Waals surface area contributed by atoms with Crippen molar-refractivity contribution in [1.82, 2.24) is 0 Å². The minimum atomic E-state index is -1.15. The standard InChI is InChI=1S/C9H13NO4/c10-9(8(13)14)5-1-4(7(11)12)2-6(9)3-5/h4-6H,1-3,10H2,(H,11,12)(H,13,14)/t4?,5-,6-,9?/m1/s1. The number of carbonyl (C=O) groups is 2. The summed E-state index contributed by atoms with van der Waals surface area (Å²) in [4.78, 5) is 21.6. The Hall–Kier alpha value is -1.10. The normalized spacial score (nSPS) is 45.4. The zero-order valence-corrected chi connectivity index (χ0v) is 7.64. The van der Waals surface area contributed by atoms with Crippen LogP contribution in [-0.4, -0.2) is 27.7 Å². The van der Waals surface area contributed by atoms with Crippen LogP contribution in [0.15, 0.2) is 0 Å². The van der Waals surface area contributed by atoms with Crippen molar-refractivity contribution >= 4 is 11.9 Å². The molecule has 3 fully saturated rings. The van der Waals surface area contributed by atoms with Gasteiger partial charge < -0.3 is 15.9 Å². The smallest absolute Gasteiger partial charge is 0.324 e. The van der Waals surface area contributed by atoms with Gasteiger partial charge in [-0.25, -0.2) is 0 Å². The fourth-order valence-electron chi connectivity index (χ4n) is 2.82. The lowest BCUT2D eigenvalue weighted by atomic mass is 9.50. The summed E-state index contributed by atoms with van der Waals surface area (Å²) in [6, 6.07) is 0. The maximum atomic E-state index is 10.9. The molecule has 0 aromatic heterocycles. The number of carboxylic acids is 2. The molecule has 0 spiro atoms. The van der Waals surface area contributed by atoms with E-state index in [4.69, 9.17) is 15.9 Å². The van der Waals surface area contributed by atoms with Crippen LogP contribution in [0.2, 0.25) is 0 Å². The van der Waals surface area contributed by atoms with Gasteiger partial charge in [0.05, 0.1) is 5.92 Å². The number of nitrogens with two attached hydrogens (primary N) is 1. The average molecular weight is 199 g/mol. The molecule has 0 unspecified atom stereocenters. The predicted octanol–water partition coefficient (Wildman–Crippen LogP) is -0.101. The Morgan fingerprint density at radius 1 is 1.14 bits per heavy atom. The number of aliphatic carboxylic acids is 2. The molecule has 0 aromatic carbocycles. The molecule has 3 saturated carbocycles. The molecule has 2 bridgehead atoms. The van der Waals surface area contributed by atoms with Crippen molar-refractivity contribution in [2.24, 2.45) is 23.5 Å². The first-order chi connectivity index (χ1) is 6.46. The number of rotatable bonds is 2. The summed E-state index contributed by atoms with van der Waals surface area (Å²) < 4.78 is 0. The molecule has 3 aliphatic carbocycles. The minimum Gasteiger partial charge on any atom is -0.481 e. The lowest BCUT2D eigenvalue weighted by Crippen LogP contribution is -2.70. The van der Waals surface area contributed by atoms with Crippen LogP contribution >= 0.6 is 0 Å². The van der Waals surface area contributed by atoms with Crippen molar-refractivity contribution < 1.29 is 19.8 Å². The van der Waals surface area contributed by atoms with E-state index in [0.717, 1.165) is 6.42 Å². The fourth-order valence-corrected chi connectivity index (χ4v) is 2.82. The predicted molar refractivity (Wildman–Crippen MR) is 46.5 cm³/mol. The first-order valence-corrected chi connectivity index (χ1v) is 4.71. The zero-order valence-electron chi connectivity index (χ0n) is 7.64. The Labute approximate surface area is 80.9 Å². The third kappa shape index (κ3) is 0.987. The first-order valence-electron chi connectivity index (χ1n) is 4.71. The largest absolute Gasteiger partial charge is 0.481 e. The summed E-state index contributed by atoms with van der Waals surface area (Å²) in [6.45, 7) is 0. The number of fused-ring (bicyclic) bond motifs is 2. The lowest BCUT2D eigenvalue weighted by molar-refractivity contribution is -0.169. The van der Waals surface area contributed by atoms with Gasteiger partial charge >= 0.3 is 11.9 Å². The van der Waals surface area contributed by atoms with Crippen LogP contribution in [0.4, 0.5) is 0 Å². The molecule has 78 valence electrons. The zero-order chi connectivity index (χ0) is 10.5. The summed E-state index contributed by atoms with van der Waals surface area (Å²) in [5, 5.41) is 17.7. The van der Waals surface area contributed by atoms with Crippen LogP contribution in [0.25, 0.3) is 0 Å². The second kappa shape index (κ2) is 2.70. The molecule has 2 atom stereocenters. The molecular formula is C9H13NO4. The van der Waals surface area contributed by atoms with Crippen molar-refractivity contribution in [2.45, 2.75) is 24.8 Å². The molecule has 0 amide bonds. The number of hydrogen-bond donors (Lipinski definition) is 3. The SMILES string of the molecule is NC1(C(=O)O)[C@@H]2CC(C(=O)O)C[C@@H]1C2. The second-order valence-electron chi connectivity index (χ2n) is 4.37. The monoisotopic (exact) mass is 199 g/mol. The lowest BCUT2D eigenvalue weighted by Gasteiger charge is -2.56. The summed E-state index contributed by atoms with van der Waals surface area (Å²) in [5.74, 6) is -2.51. The Morgan fingerprint density at radius 3 is 2.00 bits per heavy atom. The Kier molecular flexibility index (Phi) is 1.82. The van der Waals surface area contributed by atoms with E-state index >= 15 is 0 Å². The molecule has 3 aliphatic rings. The van der Waals surface area contributed by atoms with E-state index in [0.29, 0.717) is 12.8 Å². The van der Waals surface area contributed by atoms with Crippen molar-refractivity contribution in [3.63, 3.8) is 0 Å². The van der Waals surface area contributed by atoms with E-state index in [1.165, 1.54) is 0 Å². The Bertz CT molecular complexity index is 289.